The first-order chi connectivity index (χ1) is 9.04. The Morgan fingerprint density at radius 1 is 1.00 bits per heavy atom. The summed E-state index contributed by atoms with van der Waals surface area (Å²) in [5.74, 6) is 6.45. The van der Waals surface area contributed by atoms with Crippen LogP contribution in [0.2, 0.25) is 19.6 Å². The maximum atomic E-state index is 11.1. The number of hydrogen-bond donors (Lipinski definition) is 1. The van der Waals surface area contributed by atoms with Crippen molar-refractivity contribution in [3.63, 3.8) is 0 Å². The Hall–Kier alpha value is -1.04. The molecule has 0 radical (unpaired) electrons. The number of aliphatic hydroxyl groups is 1. The minimum absolute atomic E-state index is 0.0691. The zero-order valence-electron chi connectivity index (χ0n) is 13.7. The van der Waals surface area contributed by atoms with Crippen LogP contribution < -0.4 is 0 Å². The summed E-state index contributed by atoms with van der Waals surface area (Å²) in [6, 6.07) is 10.3. The summed E-state index contributed by atoms with van der Waals surface area (Å²) in [6.45, 7) is 12.8. The highest BCUT2D eigenvalue weighted by atomic mass is 28.3. The quantitative estimate of drug-likeness (QED) is 0.648. The van der Waals surface area contributed by atoms with Crippen molar-refractivity contribution < 1.29 is 5.11 Å². The molecule has 1 aromatic rings. The average Bonchev–Trinajstić information content (AvgIpc) is 2.33. The van der Waals surface area contributed by atoms with E-state index in [-0.39, 0.29) is 5.41 Å². The summed E-state index contributed by atoms with van der Waals surface area (Å²) < 4.78 is 0. The summed E-state index contributed by atoms with van der Waals surface area (Å²) in [5.41, 5.74) is 1.20. The summed E-state index contributed by atoms with van der Waals surface area (Å²) in [6.07, 6.45) is 1.59. The van der Waals surface area contributed by atoms with Gasteiger partial charge in [-0.25, -0.2) is 0 Å². The van der Waals surface area contributed by atoms with E-state index in [0.29, 0.717) is 0 Å². The van der Waals surface area contributed by atoms with Gasteiger partial charge in [-0.1, -0.05) is 61.8 Å². The third kappa shape index (κ3) is 5.15. The third-order valence-corrected chi connectivity index (χ3v) is 6.36. The van der Waals surface area contributed by atoms with E-state index in [1.165, 1.54) is 5.56 Å². The lowest BCUT2D eigenvalue weighted by atomic mass is 9.97. The topological polar surface area (TPSA) is 20.2 Å². The standard InChI is InChI=1S/C18H28OSi/c1-17(2,3)14-15-18(19,20(4,5)6)13-12-16-10-8-7-9-11-16/h7-11,19H,12-13H2,1-6H3. The molecule has 1 N–H and O–H groups in total. The van der Waals surface area contributed by atoms with E-state index in [9.17, 15) is 5.11 Å². The van der Waals surface area contributed by atoms with E-state index in [1.54, 1.807) is 0 Å². The van der Waals surface area contributed by atoms with E-state index in [0.717, 1.165) is 12.8 Å². The monoisotopic (exact) mass is 288 g/mol. The van der Waals surface area contributed by atoms with Crippen LogP contribution in [0.1, 0.15) is 32.8 Å². The van der Waals surface area contributed by atoms with E-state index < -0.39 is 13.3 Å². The molecule has 0 aliphatic carbocycles. The zero-order chi connectivity index (χ0) is 15.4. The van der Waals surface area contributed by atoms with Crippen LogP contribution in [0.15, 0.2) is 30.3 Å². The minimum Gasteiger partial charge on any atom is -0.381 e. The highest BCUT2D eigenvalue weighted by Crippen LogP contribution is 2.26. The normalized spacial score (nSPS) is 15.2. The Labute approximate surface area is 125 Å². The van der Waals surface area contributed by atoms with Crippen LogP contribution in [-0.4, -0.2) is 18.4 Å². The van der Waals surface area contributed by atoms with Gasteiger partial charge in [0.15, 0.2) is 0 Å². The predicted octanol–water partition coefficient (Wildman–Crippen LogP) is 4.28. The maximum Gasteiger partial charge on any atom is 0.112 e. The largest absolute Gasteiger partial charge is 0.381 e. The van der Waals surface area contributed by atoms with Crippen LogP contribution in [0.4, 0.5) is 0 Å². The van der Waals surface area contributed by atoms with Gasteiger partial charge in [-0.15, -0.1) is 0 Å². The zero-order valence-corrected chi connectivity index (χ0v) is 14.7. The maximum absolute atomic E-state index is 11.1. The van der Waals surface area contributed by atoms with Crippen LogP contribution in [0.3, 0.4) is 0 Å². The fourth-order valence-electron chi connectivity index (χ4n) is 1.89. The fraction of sp³-hybridized carbons (Fsp3) is 0.556. The van der Waals surface area contributed by atoms with Gasteiger partial charge >= 0.3 is 0 Å². The molecule has 110 valence electrons. The SMILES string of the molecule is CC(C)(C)C#CC(O)(CCc1ccccc1)[Si](C)(C)C. The van der Waals surface area contributed by atoms with Crippen molar-refractivity contribution in [3.8, 4) is 11.8 Å². The molecule has 1 nitrogen and oxygen atoms in total. The molecule has 1 aromatic carbocycles. The highest BCUT2D eigenvalue weighted by molar-refractivity contribution is 6.79. The van der Waals surface area contributed by atoms with Gasteiger partial charge in [0.25, 0.3) is 0 Å². The van der Waals surface area contributed by atoms with Crippen molar-refractivity contribution in [1.82, 2.24) is 0 Å². The van der Waals surface area contributed by atoms with Crippen molar-refractivity contribution in [2.45, 2.75) is 58.5 Å². The number of rotatable bonds is 4. The minimum atomic E-state index is -1.78. The number of hydrogen-bond acceptors (Lipinski definition) is 1. The lowest BCUT2D eigenvalue weighted by molar-refractivity contribution is 0.165. The lowest BCUT2D eigenvalue weighted by Crippen LogP contribution is -2.51. The Morgan fingerprint density at radius 3 is 2.00 bits per heavy atom. The summed E-state index contributed by atoms with van der Waals surface area (Å²) in [7, 11) is -1.78. The van der Waals surface area contributed by atoms with E-state index in [4.69, 9.17) is 0 Å². The fourth-order valence-corrected chi connectivity index (χ4v) is 3.20. The van der Waals surface area contributed by atoms with Gasteiger partial charge in [-0.2, -0.15) is 0 Å². The Morgan fingerprint density at radius 2 is 1.55 bits per heavy atom. The summed E-state index contributed by atoms with van der Waals surface area (Å²) >= 11 is 0. The molecule has 0 bridgehead atoms. The molecule has 0 aliphatic rings. The molecule has 1 unspecified atom stereocenters. The summed E-state index contributed by atoms with van der Waals surface area (Å²) in [5, 5.41) is 10.2. The second-order valence-corrected chi connectivity index (χ2v) is 12.9. The molecule has 2 heteroatoms. The Bertz CT molecular complexity index is 482. The Balaban J connectivity index is 2.92. The van der Waals surface area contributed by atoms with E-state index >= 15 is 0 Å². The van der Waals surface area contributed by atoms with E-state index in [2.05, 4.69) is 64.4 Å². The van der Waals surface area contributed by atoms with Gasteiger partial charge in [0.1, 0.15) is 5.22 Å². The van der Waals surface area contributed by atoms with Gasteiger partial charge < -0.3 is 5.11 Å². The van der Waals surface area contributed by atoms with Crippen LogP contribution in [0.25, 0.3) is 0 Å². The van der Waals surface area contributed by atoms with Crippen LogP contribution >= 0.6 is 0 Å². The number of aryl methyl sites for hydroxylation is 1. The molecule has 0 heterocycles. The molecule has 0 spiro atoms. The van der Waals surface area contributed by atoms with Crippen molar-refractivity contribution in [1.29, 1.82) is 0 Å². The molecular weight excluding hydrogens is 260 g/mol. The van der Waals surface area contributed by atoms with Gasteiger partial charge in [0.2, 0.25) is 0 Å². The van der Waals surface area contributed by atoms with Crippen LogP contribution in [-0.2, 0) is 6.42 Å². The molecule has 0 fully saturated rings. The third-order valence-electron chi connectivity index (χ3n) is 3.50. The second kappa shape index (κ2) is 6.16. The lowest BCUT2D eigenvalue weighted by Gasteiger charge is -2.35. The number of benzene rings is 1. The molecule has 0 saturated carbocycles. The molecule has 0 aromatic heterocycles. The van der Waals surface area contributed by atoms with Gasteiger partial charge in [-0.3, -0.25) is 0 Å². The molecule has 0 aliphatic heterocycles. The first kappa shape index (κ1) is 17.0. The smallest absolute Gasteiger partial charge is 0.112 e. The molecule has 0 saturated heterocycles. The predicted molar refractivity (Wildman–Crippen MR) is 90.3 cm³/mol. The molecule has 1 rings (SSSR count). The van der Waals surface area contributed by atoms with Crippen LogP contribution in [0.5, 0.6) is 0 Å². The van der Waals surface area contributed by atoms with Gasteiger partial charge in [0.05, 0.1) is 8.07 Å². The molecule has 20 heavy (non-hydrogen) atoms. The van der Waals surface area contributed by atoms with Crippen LogP contribution in [0, 0.1) is 17.3 Å². The average molecular weight is 289 g/mol. The first-order valence-electron chi connectivity index (χ1n) is 7.34. The first-order valence-corrected chi connectivity index (χ1v) is 10.8. The van der Waals surface area contributed by atoms with Crippen molar-refractivity contribution >= 4 is 8.07 Å². The summed E-state index contributed by atoms with van der Waals surface area (Å²) in [4.78, 5) is 0. The van der Waals surface area contributed by atoms with Crippen molar-refractivity contribution in [3.05, 3.63) is 35.9 Å². The van der Waals surface area contributed by atoms with Crippen molar-refractivity contribution in [2.24, 2.45) is 5.41 Å². The van der Waals surface area contributed by atoms with Gasteiger partial charge in [-0.05, 0) is 39.2 Å². The second-order valence-electron chi connectivity index (χ2n) is 7.60. The van der Waals surface area contributed by atoms with E-state index in [1.807, 2.05) is 18.2 Å². The molecular formula is C18H28OSi. The highest BCUT2D eigenvalue weighted by Gasteiger charge is 2.40. The molecule has 1 atom stereocenters. The molecule has 0 amide bonds. The van der Waals surface area contributed by atoms with Gasteiger partial charge in [0, 0.05) is 5.41 Å². The Kier molecular flexibility index (Phi) is 5.24. The van der Waals surface area contributed by atoms with Crippen molar-refractivity contribution in [2.75, 3.05) is 0 Å².